The van der Waals surface area contributed by atoms with Gasteiger partial charge in [-0.2, -0.15) is 0 Å². The van der Waals surface area contributed by atoms with Gasteiger partial charge in [0.05, 0.1) is 30.7 Å². The number of likely N-dealkylation sites (N-methyl/N-ethyl adjacent to an activating group) is 1. The van der Waals surface area contributed by atoms with E-state index in [4.69, 9.17) is 27.9 Å². The predicted molar refractivity (Wildman–Crippen MR) is 120 cm³/mol. The number of quaternary nitrogens is 1. The molecule has 0 aliphatic rings. The Morgan fingerprint density at radius 3 is 2.10 bits per heavy atom. The third-order valence-corrected chi connectivity index (χ3v) is 6.05. The van der Waals surface area contributed by atoms with Crippen molar-refractivity contribution in [2.24, 2.45) is 0 Å². The van der Waals surface area contributed by atoms with Gasteiger partial charge in [-0.05, 0) is 25.5 Å². The molecule has 0 radical (unpaired) electrons. The first kappa shape index (κ1) is 28.7. The third kappa shape index (κ3) is 11.1. The molecular formula is C23H38BrCl2NO2. The number of rotatable bonds is 14. The van der Waals surface area contributed by atoms with E-state index in [0.29, 0.717) is 27.7 Å². The first-order valence-corrected chi connectivity index (χ1v) is 11.5. The molecule has 0 aliphatic heterocycles. The number of unbranched alkanes of at least 4 members (excludes halogenated alkanes) is 7. The Kier molecular flexibility index (Phi) is 15.3. The highest BCUT2D eigenvalue weighted by Gasteiger charge is 2.35. The number of esters is 1. The zero-order chi connectivity index (χ0) is 21.0. The molecule has 0 amide bonds. The smallest absolute Gasteiger partial charge is 0.364 e. The van der Waals surface area contributed by atoms with Crippen molar-refractivity contribution >= 4 is 29.2 Å². The largest absolute Gasteiger partial charge is 1.00 e. The molecule has 1 unspecified atom stereocenters. The molecule has 1 aromatic rings. The fraction of sp³-hybridized carbons (Fsp3) is 0.696. The van der Waals surface area contributed by atoms with Crippen LogP contribution in [0.2, 0.25) is 10.0 Å². The molecule has 0 saturated carbocycles. The van der Waals surface area contributed by atoms with Gasteiger partial charge in [0.2, 0.25) is 0 Å². The van der Waals surface area contributed by atoms with Crippen LogP contribution in [-0.2, 0) is 16.1 Å². The average molecular weight is 511 g/mol. The Balaban J connectivity index is 0.00000784. The molecule has 0 aromatic heterocycles. The first-order chi connectivity index (χ1) is 13.3. The minimum atomic E-state index is -0.172. The highest BCUT2D eigenvalue weighted by Crippen LogP contribution is 2.26. The van der Waals surface area contributed by atoms with Crippen LogP contribution >= 0.6 is 23.2 Å². The van der Waals surface area contributed by atoms with Crippen LogP contribution in [0.1, 0.15) is 77.2 Å². The van der Waals surface area contributed by atoms with Crippen LogP contribution in [0, 0.1) is 0 Å². The van der Waals surface area contributed by atoms with Gasteiger partial charge in [-0.3, -0.25) is 0 Å². The molecule has 0 spiro atoms. The molecule has 168 valence electrons. The van der Waals surface area contributed by atoms with Crippen LogP contribution in [0.5, 0.6) is 0 Å². The van der Waals surface area contributed by atoms with E-state index in [0.717, 1.165) is 18.4 Å². The molecule has 29 heavy (non-hydrogen) atoms. The van der Waals surface area contributed by atoms with Crippen LogP contribution in [0.25, 0.3) is 0 Å². The van der Waals surface area contributed by atoms with E-state index in [1.54, 1.807) is 0 Å². The minimum Gasteiger partial charge on any atom is -1.00 e. The van der Waals surface area contributed by atoms with Crippen molar-refractivity contribution in [3.8, 4) is 0 Å². The van der Waals surface area contributed by atoms with E-state index < -0.39 is 0 Å². The maximum absolute atomic E-state index is 12.7. The Morgan fingerprint density at radius 1 is 0.966 bits per heavy atom. The van der Waals surface area contributed by atoms with Gasteiger partial charge in [0.15, 0.2) is 6.04 Å². The molecular weight excluding hydrogens is 473 g/mol. The zero-order valence-electron chi connectivity index (χ0n) is 18.5. The summed E-state index contributed by atoms with van der Waals surface area (Å²) in [6.45, 7) is 5.23. The summed E-state index contributed by atoms with van der Waals surface area (Å²) < 4.78 is 5.94. The summed E-state index contributed by atoms with van der Waals surface area (Å²) in [7, 11) is 4.18. The highest BCUT2D eigenvalue weighted by molar-refractivity contribution is 6.42. The molecule has 6 heteroatoms. The molecule has 0 saturated heterocycles. The molecule has 0 aliphatic carbocycles. The van der Waals surface area contributed by atoms with Crippen LogP contribution in [0.3, 0.4) is 0 Å². The van der Waals surface area contributed by atoms with E-state index >= 15 is 0 Å². The number of carbonyl (C=O) groups is 1. The summed E-state index contributed by atoms with van der Waals surface area (Å²) in [5.41, 5.74) is 1.07. The van der Waals surface area contributed by atoms with Crippen molar-refractivity contribution in [3.63, 3.8) is 0 Å². The van der Waals surface area contributed by atoms with E-state index in [2.05, 4.69) is 21.0 Å². The van der Waals surface area contributed by atoms with Crippen LogP contribution in [0.15, 0.2) is 18.2 Å². The number of halogens is 3. The topological polar surface area (TPSA) is 26.3 Å². The number of benzene rings is 1. The summed E-state index contributed by atoms with van der Waals surface area (Å²) in [5.74, 6) is -0.101. The van der Waals surface area contributed by atoms with Crippen molar-refractivity contribution < 1.29 is 31.0 Å². The van der Waals surface area contributed by atoms with Gasteiger partial charge in [-0.25, -0.2) is 4.79 Å². The standard InChI is InChI=1S/C23H38Cl2NO2.BrH/c1-5-7-8-9-10-11-12-13-14-22(23(27)28-6-2)26(3,4)18-19-15-16-20(24)21(25)17-19;/h15-17,22H,5-14,18H2,1-4H3;1H/q+1;/p-1. The van der Waals surface area contributed by atoms with Crippen LogP contribution in [0.4, 0.5) is 0 Å². The average Bonchev–Trinajstić information content (AvgIpc) is 2.63. The zero-order valence-corrected chi connectivity index (χ0v) is 21.6. The van der Waals surface area contributed by atoms with Gasteiger partial charge in [0, 0.05) is 12.0 Å². The second-order valence-electron chi connectivity index (χ2n) is 8.22. The lowest BCUT2D eigenvalue weighted by Gasteiger charge is -2.36. The number of hydrogen-bond acceptors (Lipinski definition) is 2. The second kappa shape index (κ2) is 15.5. The van der Waals surface area contributed by atoms with E-state index in [1.165, 1.54) is 44.9 Å². The SMILES string of the molecule is CCCCCCCCCCC(C(=O)OCC)[N+](C)(C)Cc1ccc(Cl)c(Cl)c1.[Br-]. The molecule has 0 fully saturated rings. The maximum Gasteiger partial charge on any atom is 0.364 e. The lowest BCUT2D eigenvalue weighted by atomic mass is 10.0. The van der Waals surface area contributed by atoms with Gasteiger partial charge in [0.25, 0.3) is 0 Å². The monoisotopic (exact) mass is 509 g/mol. The van der Waals surface area contributed by atoms with Crippen molar-refractivity contribution in [2.45, 2.75) is 84.2 Å². The Morgan fingerprint density at radius 2 is 1.55 bits per heavy atom. The number of nitrogens with zero attached hydrogens (tertiary/aromatic N) is 1. The first-order valence-electron chi connectivity index (χ1n) is 10.7. The number of hydrogen-bond donors (Lipinski definition) is 0. The Labute approximate surface area is 198 Å². The summed E-state index contributed by atoms with van der Waals surface area (Å²) in [4.78, 5) is 12.7. The molecule has 0 N–H and O–H groups in total. The summed E-state index contributed by atoms with van der Waals surface area (Å²) in [6.07, 6.45) is 10.9. The summed E-state index contributed by atoms with van der Waals surface area (Å²) >= 11 is 12.2. The van der Waals surface area contributed by atoms with Gasteiger partial charge in [-0.1, -0.05) is 81.1 Å². The molecule has 1 aromatic carbocycles. The lowest BCUT2D eigenvalue weighted by molar-refractivity contribution is -0.920. The lowest BCUT2D eigenvalue weighted by Crippen LogP contribution is -3.00. The summed E-state index contributed by atoms with van der Waals surface area (Å²) in [6, 6.07) is 5.52. The molecule has 3 nitrogen and oxygen atoms in total. The van der Waals surface area contributed by atoms with E-state index in [9.17, 15) is 4.79 Å². The van der Waals surface area contributed by atoms with Crippen LogP contribution < -0.4 is 17.0 Å². The van der Waals surface area contributed by atoms with Crippen molar-refractivity contribution in [2.75, 3.05) is 20.7 Å². The van der Waals surface area contributed by atoms with Gasteiger partial charge < -0.3 is 26.2 Å². The van der Waals surface area contributed by atoms with Gasteiger partial charge in [0.1, 0.15) is 6.54 Å². The van der Waals surface area contributed by atoms with Gasteiger partial charge in [-0.15, -0.1) is 0 Å². The molecule has 1 atom stereocenters. The predicted octanol–water partition coefficient (Wildman–Crippen LogP) is 4.04. The van der Waals surface area contributed by atoms with E-state index in [-0.39, 0.29) is 29.0 Å². The normalized spacial score (nSPS) is 12.3. The highest BCUT2D eigenvalue weighted by atomic mass is 79.9. The minimum absolute atomic E-state index is 0. The van der Waals surface area contributed by atoms with E-state index in [1.807, 2.05) is 25.1 Å². The number of carbonyl (C=O) groups excluding carboxylic acids is 1. The second-order valence-corrected chi connectivity index (χ2v) is 9.03. The van der Waals surface area contributed by atoms with Crippen LogP contribution in [-0.4, -0.2) is 37.2 Å². The molecule has 0 bridgehead atoms. The quantitative estimate of drug-likeness (QED) is 0.214. The Bertz CT molecular complexity index is 596. The van der Waals surface area contributed by atoms with Crippen molar-refractivity contribution in [3.05, 3.63) is 33.8 Å². The fourth-order valence-electron chi connectivity index (χ4n) is 3.68. The summed E-state index contributed by atoms with van der Waals surface area (Å²) in [5, 5.41) is 1.10. The molecule has 1 rings (SSSR count). The van der Waals surface area contributed by atoms with Crippen molar-refractivity contribution in [1.82, 2.24) is 0 Å². The Hall–Kier alpha value is -0.290. The fourth-order valence-corrected chi connectivity index (χ4v) is 4.00. The maximum atomic E-state index is 12.7. The molecule has 0 heterocycles. The number of ether oxygens (including phenoxy) is 1. The van der Waals surface area contributed by atoms with Crippen molar-refractivity contribution in [1.29, 1.82) is 0 Å². The third-order valence-electron chi connectivity index (χ3n) is 5.31. The van der Waals surface area contributed by atoms with Gasteiger partial charge >= 0.3 is 5.97 Å².